The van der Waals surface area contributed by atoms with E-state index in [1.54, 1.807) is 12.3 Å². The van der Waals surface area contributed by atoms with Crippen molar-refractivity contribution in [2.75, 3.05) is 6.54 Å². The second-order valence-corrected chi connectivity index (χ2v) is 5.25. The van der Waals surface area contributed by atoms with E-state index in [0.29, 0.717) is 5.56 Å². The molecule has 0 saturated heterocycles. The molecular weight excluding hydrogens is 307 g/mol. The molecule has 1 unspecified atom stereocenters. The van der Waals surface area contributed by atoms with Crippen LogP contribution in [0, 0.1) is 5.82 Å². The van der Waals surface area contributed by atoms with Crippen molar-refractivity contribution < 1.29 is 4.39 Å². The summed E-state index contributed by atoms with van der Waals surface area (Å²) >= 11 is 3.41. The first-order chi connectivity index (χ1) is 9.22. The van der Waals surface area contributed by atoms with Crippen molar-refractivity contribution in [3.8, 4) is 0 Å². The smallest absolute Gasteiger partial charge is 0.146 e. The highest BCUT2D eigenvalue weighted by Crippen LogP contribution is 2.25. The van der Waals surface area contributed by atoms with Crippen LogP contribution in [0.25, 0.3) is 0 Å². The molecule has 19 heavy (non-hydrogen) atoms. The van der Waals surface area contributed by atoms with Gasteiger partial charge in [-0.15, -0.1) is 0 Å². The van der Waals surface area contributed by atoms with Gasteiger partial charge in [-0.1, -0.05) is 35.0 Å². The molecule has 100 valence electrons. The van der Waals surface area contributed by atoms with E-state index in [1.807, 2.05) is 24.3 Å². The fourth-order valence-electron chi connectivity index (χ4n) is 1.97. The molecule has 1 aromatic heterocycles. The maximum Gasteiger partial charge on any atom is 0.146 e. The van der Waals surface area contributed by atoms with Crippen LogP contribution < -0.4 is 5.32 Å². The number of aromatic nitrogens is 1. The van der Waals surface area contributed by atoms with E-state index in [9.17, 15) is 4.39 Å². The number of rotatable bonds is 5. The molecule has 2 nitrogen and oxygen atoms in total. The zero-order valence-electron chi connectivity index (χ0n) is 10.7. The predicted octanol–water partition coefficient (Wildman–Crippen LogP) is 4.07. The Balaban J connectivity index is 2.35. The summed E-state index contributed by atoms with van der Waals surface area (Å²) in [6.07, 6.45) is 3.88. The summed E-state index contributed by atoms with van der Waals surface area (Å²) in [7, 11) is 0. The lowest BCUT2D eigenvalue weighted by Crippen LogP contribution is -2.24. The summed E-state index contributed by atoms with van der Waals surface area (Å²) in [5.41, 5.74) is 1.67. The van der Waals surface area contributed by atoms with Gasteiger partial charge >= 0.3 is 0 Å². The first-order valence-electron chi connectivity index (χ1n) is 6.30. The van der Waals surface area contributed by atoms with Gasteiger partial charge in [0.05, 0.1) is 12.2 Å². The fraction of sp³-hybridized carbons (Fsp3) is 0.267. The average molecular weight is 323 g/mol. The summed E-state index contributed by atoms with van der Waals surface area (Å²) in [5, 5.41) is 3.38. The Bertz CT molecular complexity index is 528. The summed E-state index contributed by atoms with van der Waals surface area (Å²) in [6, 6.07) is 9.51. The van der Waals surface area contributed by atoms with Crippen LogP contribution >= 0.6 is 15.9 Å². The number of hydrogen-bond acceptors (Lipinski definition) is 2. The van der Waals surface area contributed by atoms with Gasteiger partial charge in [-0.05, 0) is 36.7 Å². The third kappa shape index (κ3) is 3.61. The Hall–Kier alpha value is -1.26. The van der Waals surface area contributed by atoms with Gasteiger partial charge in [-0.25, -0.2) is 4.39 Å². The third-order valence-corrected chi connectivity index (χ3v) is 3.45. The molecule has 0 spiro atoms. The Kier molecular flexibility index (Phi) is 5.05. The highest BCUT2D eigenvalue weighted by Gasteiger charge is 2.16. The molecule has 0 bridgehead atoms. The van der Waals surface area contributed by atoms with Crippen molar-refractivity contribution >= 4 is 15.9 Å². The van der Waals surface area contributed by atoms with Gasteiger partial charge in [0.25, 0.3) is 0 Å². The van der Waals surface area contributed by atoms with Crippen molar-refractivity contribution in [3.63, 3.8) is 0 Å². The second kappa shape index (κ2) is 6.78. The molecule has 2 rings (SSSR count). The molecule has 0 saturated carbocycles. The number of pyridine rings is 1. The number of nitrogens with one attached hydrogen (secondary N) is 1. The monoisotopic (exact) mass is 322 g/mol. The van der Waals surface area contributed by atoms with Gasteiger partial charge in [0.2, 0.25) is 0 Å². The minimum Gasteiger partial charge on any atom is -0.306 e. The maximum absolute atomic E-state index is 13.9. The lowest BCUT2D eigenvalue weighted by Gasteiger charge is -2.20. The van der Waals surface area contributed by atoms with Gasteiger partial charge < -0.3 is 5.32 Å². The van der Waals surface area contributed by atoms with Crippen molar-refractivity contribution in [3.05, 3.63) is 64.1 Å². The van der Waals surface area contributed by atoms with Crippen molar-refractivity contribution in [1.29, 1.82) is 0 Å². The Morgan fingerprint density at radius 2 is 2.00 bits per heavy atom. The molecule has 1 N–H and O–H groups in total. The van der Waals surface area contributed by atoms with E-state index >= 15 is 0 Å². The molecular formula is C15H16BrFN2. The number of hydrogen-bond donors (Lipinski definition) is 1. The molecule has 1 heterocycles. The highest BCUT2D eigenvalue weighted by atomic mass is 79.9. The molecule has 0 fully saturated rings. The zero-order chi connectivity index (χ0) is 13.7. The molecule has 0 amide bonds. The molecule has 0 aliphatic carbocycles. The van der Waals surface area contributed by atoms with Crippen LogP contribution in [-0.2, 0) is 0 Å². The van der Waals surface area contributed by atoms with Gasteiger partial charge in [0.1, 0.15) is 5.82 Å². The Labute approximate surface area is 121 Å². The van der Waals surface area contributed by atoms with Crippen LogP contribution in [0.15, 0.2) is 47.2 Å². The van der Waals surface area contributed by atoms with Crippen molar-refractivity contribution in [2.45, 2.75) is 19.4 Å². The number of benzene rings is 1. The van der Waals surface area contributed by atoms with Gasteiger partial charge in [0, 0.05) is 16.2 Å². The minimum absolute atomic E-state index is 0.143. The van der Waals surface area contributed by atoms with E-state index < -0.39 is 0 Å². The van der Waals surface area contributed by atoms with Crippen LogP contribution in [0.3, 0.4) is 0 Å². The van der Waals surface area contributed by atoms with E-state index in [0.717, 1.165) is 23.0 Å². The molecule has 1 atom stereocenters. The van der Waals surface area contributed by atoms with E-state index in [4.69, 9.17) is 0 Å². The third-order valence-electron chi connectivity index (χ3n) is 2.92. The average Bonchev–Trinajstić information content (AvgIpc) is 2.43. The van der Waals surface area contributed by atoms with E-state index in [1.165, 1.54) is 6.20 Å². The summed E-state index contributed by atoms with van der Waals surface area (Å²) in [6.45, 7) is 2.93. The standard InChI is InChI=1S/C15H16BrFN2/c1-2-8-19-15(11-3-5-12(16)6-4-11)13-7-9-18-10-14(13)17/h3-7,9-10,15,19H,2,8H2,1H3. The second-order valence-electron chi connectivity index (χ2n) is 4.34. The Morgan fingerprint density at radius 1 is 1.26 bits per heavy atom. The normalized spacial score (nSPS) is 12.4. The fourth-order valence-corrected chi connectivity index (χ4v) is 2.24. The number of nitrogens with zero attached hydrogens (tertiary/aromatic N) is 1. The summed E-state index contributed by atoms with van der Waals surface area (Å²) in [5.74, 6) is -0.279. The maximum atomic E-state index is 13.9. The van der Waals surface area contributed by atoms with Gasteiger partial charge in [-0.3, -0.25) is 4.98 Å². The SMILES string of the molecule is CCCNC(c1ccc(Br)cc1)c1ccncc1F. The first kappa shape index (κ1) is 14.2. The van der Waals surface area contributed by atoms with Crippen LogP contribution in [0.5, 0.6) is 0 Å². The summed E-state index contributed by atoms with van der Waals surface area (Å²) in [4.78, 5) is 3.81. The quantitative estimate of drug-likeness (QED) is 0.897. The zero-order valence-corrected chi connectivity index (χ0v) is 12.3. The van der Waals surface area contributed by atoms with Crippen molar-refractivity contribution in [2.24, 2.45) is 0 Å². The van der Waals surface area contributed by atoms with E-state index in [-0.39, 0.29) is 11.9 Å². The first-order valence-corrected chi connectivity index (χ1v) is 7.10. The Morgan fingerprint density at radius 3 is 2.63 bits per heavy atom. The van der Waals surface area contributed by atoms with Crippen LogP contribution in [0.4, 0.5) is 4.39 Å². The minimum atomic E-state index is -0.279. The van der Waals surface area contributed by atoms with Gasteiger partial charge in [-0.2, -0.15) is 0 Å². The lowest BCUT2D eigenvalue weighted by molar-refractivity contribution is 0.543. The van der Waals surface area contributed by atoms with Crippen LogP contribution in [-0.4, -0.2) is 11.5 Å². The van der Waals surface area contributed by atoms with E-state index in [2.05, 4.69) is 33.2 Å². The largest absolute Gasteiger partial charge is 0.306 e. The molecule has 0 radical (unpaired) electrons. The van der Waals surface area contributed by atoms with Crippen molar-refractivity contribution in [1.82, 2.24) is 10.3 Å². The predicted molar refractivity (Wildman–Crippen MR) is 78.5 cm³/mol. The van der Waals surface area contributed by atoms with Crippen LogP contribution in [0.2, 0.25) is 0 Å². The molecule has 4 heteroatoms. The number of halogens is 2. The molecule has 2 aromatic rings. The topological polar surface area (TPSA) is 24.9 Å². The molecule has 1 aromatic carbocycles. The van der Waals surface area contributed by atoms with Crippen LogP contribution in [0.1, 0.15) is 30.5 Å². The lowest BCUT2D eigenvalue weighted by atomic mass is 9.99. The van der Waals surface area contributed by atoms with Gasteiger partial charge in [0.15, 0.2) is 0 Å². The molecule has 0 aliphatic heterocycles. The summed E-state index contributed by atoms with van der Waals surface area (Å²) < 4.78 is 14.9. The molecule has 0 aliphatic rings. The highest BCUT2D eigenvalue weighted by molar-refractivity contribution is 9.10.